The van der Waals surface area contributed by atoms with E-state index in [9.17, 15) is 13.2 Å². The van der Waals surface area contributed by atoms with Crippen LogP contribution in [-0.4, -0.2) is 56.0 Å². The van der Waals surface area contributed by atoms with E-state index in [1.165, 1.54) is 10.6 Å². The first-order chi connectivity index (χ1) is 8.86. The molecule has 1 saturated heterocycles. The van der Waals surface area contributed by atoms with Gasteiger partial charge in [-0.15, -0.1) is 0 Å². The largest absolute Gasteiger partial charge is 0.461 e. The Hall–Kier alpha value is -1.15. The molecule has 0 amide bonds. The molecule has 0 atom stereocenters. The molecule has 1 spiro atoms. The van der Waals surface area contributed by atoms with Crippen molar-refractivity contribution in [2.45, 2.75) is 31.8 Å². The highest BCUT2D eigenvalue weighted by Gasteiger charge is 2.45. The predicted molar refractivity (Wildman–Crippen MR) is 68.2 cm³/mol. The Bertz CT molecular complexity index is 491. The van der Waals surface area contributed by atoms with Crippen molar-refractivity contribution >= 4 is 21.7 Å². The average Bonchev–Trinajstić information content (AvgIpc) is 2.73. The van der Waals surface area contributed by atoms with Crippen molar-refractivity contribution in [3.8, 4) is 0 Å². The van der Waals surface area contributed by atoms with Crippen LogP contribution in [0.4, 0.5) is 0 Å². The van der Waals surface area contributed by atoms with E-state index in [1.54, 1.807) is 6.92 Å². The third-order valence-electron chi connectivity index (χ3n) is 3.45. The van der Waals surface area contributed by atoms with Crippen LogP contribution in [0.2, 0.25) is 0 Å². The number of rotatable bonds is 3. The second kappa shape index (κ2) is 5.09. The van der Waals surface area contributed by atoms with Crippen LogP contribution in [0.25, 0.3) is 0 Å². The van der Waals surface area contributed by atoms with Crippen molar-refractivity contribution in [3.63, 3.8) is 0 Å². The van der Waals surface area contributed by atoms with Gasteiger partial charge < -0.3 is 9.57 Å². The lowest BCUT2D eigenvalue weighted by Gasteiger charge is -2.35. The molecule has 108 valence electrons. The van der Waals surface area contributed by atoms with Gasteiger partial charge in [0, 0.05) is 32.4 Å². The van der Waals surface area contributed by atoms with Crippen LogP contribution in [-0.2, 0) is 24.4 Å². The number of oxime groups is 1. The van der Waals surface area contributed by atoms with Gasteiger partial charge in [-0.3, -0.25) is 0 Å². The molecule has 7 nitrogen and oxygen atoms in total. The molecule has 2 heterocycles. The molecule has 2 aliphatic heterocycles. The van der Waals surface area contributed by atoms with E-state index in [1.807, 2.05) is 0 Å². The zero-order valence-corrected chi connectivity index (χ0v) is 11.9. The Morgan fingerprint density at radius 2 is 2.11 bits per heavy atom. The highest BCUT2D eigenvalue weighted by molar-refractivity contribution is 7.88. The maximum Gasteiger partial charge on any atom is 0.356 e. The van der Waals surface area contributed by atoms with E-state index in [-0.39, 0.29) is 5.71 Å². The minimum Gasteiger partial charge on any atom is -0.461 e. The number of nitrogens with zero attached hydrogens (tertiary/aromatic N) is 2. The van der Waals surface area contributed by atoms with E-state index in [4.69, 9.17) is 9.57 Å². The highest BCUT2D eigenvalue weighted by Crippen LogP contribution is 2.35. The molecule has 0 bridgehead atoms. The highest BCUT2D eigenvalue weighted by atomic mass is 32.2. The normalized spacial score (nSPS) is 22.9. The molecule has 0 aromatic rings. The van der Waals surface area contributed by atoms with E-state index in [2.05, 4.69) is 5.16 Å². The summed E-state index contributed by atoms with van der Waals surface area (Å²) in [6.45, 7) is 2.82. The molecule has 0 aromatic carbocycles. The molecule has 8 heteroatoms. The van der Waals surface area contributed by atoms with E-state index in [0.29, 0.717) is 39.0 Å². The van der Waals surface area contributed by atoms with Gasteiger partial charge in [-0.05, 0) is 6.92 Å². The second-order valence-electron chi connectivity index (χ2n) is 4.87. The van der Waals surface area contributed by atoms with Crippen LogP contribution in [0.1, 0.15) is 26.2 Å². The van der Waals surface area contributed by atoms with Gasteiger partial charge in [-0.2, -0.15) is 0 Å². The smallest absolute Gasteiger partial charge is 0.356 e. The zero-order chi connectivity index (χ0) is 14.1. The van der Waals surface area contributed by atoms with Crippen molar-refractivity contribution in [3.05, 3.63) is 0 Å². The van der Waals surface area contributed by atoms with E-state index in [0.717, 1.165) is 0 Å². The summed E-state index contributed by atoms with van der Waals surface area (Å²) in [7, 11) is -3.16. The summed E-state index contributed by atoms with van der Waals surface area (Å²) in [4.78, 5) is 16.9. The van der Waals surface area contributed by atoms with Gasteiger partial charge in [-0.1, -0.05) is 5.16 Å². The maximum absolute atomic E-state index is 11.6. The summed E-state index contributed by atoms with van der Waals surface area (Å²) in [6.07, 6.45) is 2.66. The minimum atomic E-state index is -3.16. The molecule has 2 rings (SSSR count). The van der Waals surface area contributed by atoms with Gasteiger partial charge in [0.15, 0.2) is 5.71 Å². The zero-order valence-electron chi connectivity index (χ0n) is 11.1. The molecule has 0 saturated carbocycles. The fraction of sp³-hybridized carbons (Fsp3) is 0.818. The van der Waals surface area contributed by atoms with E-state index < -0.39 is 21.6 Å². The number of ether oxygens (including phenoxy) is 1. The lowest BCUT2D eigenvalue weighted by atomic mass is 9.88. The third-order valence-corrected chi connectivity index (χ3v) is 4.76. The molecule has 2 aliphatic rings. The number of esters is 1. The lowest BCUT2D eigenvalue weighted by Crippen LogP contribution is -2.46. The fourth-order valence-corrected chi connectivity index (χ4v) is 3.18. The number of piperidine rings is 1. The molecule has 0 aliphatic carbocycles. The first-order valence-corrected chi connectivity index (χ1v) is 8.08. The number of carbonyl (C=O) groups is 1. The Labute approximate surface area is 112 Å². The Morgan fingerprint density at radius 1 is 1.47 bits per heavy atom. The minimum absolute atomic E-state index is 0.287. The summed E-state index contributed by atoms with van der Waals surface area (Å²) in [5.41, 5.74) is -0.252. The molecular weight excluding hydrogens is 272 g/mol. The first kappa shape index (κ1) is 14.3. The number of sulfonamides is 1. The maximum atomic E-state index is 11.6. The topological polar surface area (TPSA) is 85.3 Å². The summed E-state index contributed by atoms with van der Waals surface area (Å²) in [6, 6.07) is 0. The Balaban J connectivity index is 1.94. The van der Waals surface area contributed by atoms with Gasteiger partial charge >= 0.3 is 5.97 Å². The predicted octanol–water partition coefficient (Wildman–Crippen LogP) is 0.120. The Kier molecular flexibility index (Phi) is 3.82. The second-order valence-corrected chi connectivity index (χ2v) is 6.85. The monoisotopic (exact) mass is 290 g/mol. The van der Waals surface area contributed by atoms with Gasteiger partial charge in [0.2, 0.25) is 10.0 Å². The lowest BCUT2D eigenvalue weighted by molar-refractivity contribution is -0.135. The molecule has 19 heavy (non-hydrogen) atoms. The standard InChI is InChI=1S/C11H18N2O5S/c1-3-17-10(14)9-8-11(18-12-9)4-6-13(7-5-11)19(2,15)16/h3-8H2,1-2H3. The van der Waals surface area contributed by atoms with Crippen LogP contribution in [0.3, 0.4) is 0 Å². The van der Waals surface area contributed by atoms with Crippen molar-refractivity contribution in [2.24, 2.45) is 5.16 Å². The molecule has 0 aromatic heterocycles. The molecular formula is C11H18N2O5S. The fourth-order valence-electron chi connectivity index (χ4n) is 2.34. The summed E-state index contributed by atoms with van der Waals surface area (Å²) < 4.78 is 29.2. The molecule has 1 fully saturated rings. The van der Waals surface area contributed by atoms with Gasteiger partial charge in [0.25, 0.3) is 0 Å². The van der Waals surface area contributed by atoms with Gasteiger partial charge in [-0.25, -0.2) is 17.5 Å². The first-order valence-electron chi connectivity index (χ1n) is 6.24. The van der Waals surface area contributed by atoms with Gasteiger partial charge in [0.1, 0.15) is 5.60 Å². The van der Waals surface area contributed by atoms with Crippen molar-refractivity contribution in [2.75, 3.05) is 26.0 Å². The Morgan fingerprint density at radius 3 is 2.63 bits per heavy atom. The van der Waals surface area contributed by atoms with Crippen LogP contribution in [0.15, 0.2) is 5.16 Å². The molecule has 0 unspecified atom stereocenters. The van der Waals surface area contributed by atoms with Gasteiger partial charge in [0.05, 0.1) is 12.9 Å². The molecule has 0 N–H and O–H groups in total. The van der Waals surface area contributed by atoms with Crippen molar-refractivity contribution in [1.29, 1.82) is 0 Å². The molecule has 0 radical (unpaired) electrons. The SMILES string of the molecule is CCOC(=O)C1=NOC2(CCN(S(C)(=O)=O)CC2)C1. The quantitative estimate of drug-likeness (QED) is 0.689. The number of hydrogen-bond acceptors (Lipinski definition) is 6. The third kappa shape index (κ3) is 3.06. The van der Waals surface area contributed by atoms with Crippen LogP contribution in [0, 0.1) is 0 Å². The summed E-state index contributed by atoms with van der Waals surface area (Å²) in [5, 5.41) is 3.79. The summed E-state index contributed by atoms with van der Waals surface area (Å²) >= 11 is 0. The van der Waals surface area contributed by atoms with Crippen LogP contribution >= 0.6 is 0 Å². The number of carbonyl (C=O) groups excluding carboxylic acids is 1. The number of hydrogen-bond donors (Lipinski definition) is 0. The average molecular weight is 290 g/mol. The van der Waals surface area contributed by atoms with Crippen LogP contribution < -0.4 is 0 Å². The van der Waals surface area contributed by atoms with E-state index >= 15 is 0 Å². The summed E-state index contributed by atoms with van der Waals surface area (Å²) in [5.74, 6) is -0.454. The van der Waals surface area contributed by atoms with Crippen LogP contribution in [0.5, 0.6) is 0 Å². The van der Waals surface area contributed by atoms with Crippen molar-refractivity contribution in [1.82, 2.24) is 4.31 Å². The van der Waals surface area contributed by atoms with Crippen molar-refractivity contribution < 1.29 is 22.8 Å².